The lowest BCUT2D eigenvalue weighted by Gasteiger charge is -2.11. The van der Waals surface area contributed by atoms with Crippen LogP contribution in [0, 0.1) is 0 Å². The number of hydrogen-bond acceptors (Lipinski definition) is 4. The minimum Gasteiger partial charge on any atom is -0.490 e. The molecule has 0 atom stereocenters. The van der Waals surface area contributed by atoms with Crippen molar-refractivity contribution in [3.05, 3.63) is 59.1 Å². The Kier molecular flexibility index (Phi) is 6.70. The summed E-state index contributed by atoms with van der Waals surface area (Å²) in [5.74, 6) is 1.24. The molecule has 2 aromatic rings. The van der Waals surface area contributed by atoms with E-state index >= 15 is 0 Å². The smallest absolute Gasteiger partial charge is 0.336 e. The van der Waals surface area contributed by atoms with Crippen molar-refractivity contribution in [3.8, 4) is 17.2 Å². The molecule has 0 amide bonds. The molecule has 24 heavy (non-hydrogen) atoms. The molecule has 0 saturated carbocycles. The van der Waals surface area contributed by atoms with Crippen LogP contribution >= 0.6 is 11.6 Å². The van der Waals surface area contributed by atoms with E-state index in [-0.39, 0.29) is 0 Å². The van der Waals surface area contributed by atoms with Crippen molar-refractivity contribution >= 4 is 23.6 Å². The molecule has 0 heterocycles. The van der Waals surface area contributed by atoms with Crippen LogP contribution in [0.2, 0.25) is 5.02 Å². The van der Waals surface area contributed by atoms with E-state index in [1.165, 1.54) is 6.08 Å². The number of carbonyl (C=O) groups is 1. The summed E-state index contributed by atoms with van der Waals surface area (Å²) < 4.78 is 16.3. The average Bonchev–Trinajstić information content (AvgIpc) is 2.55. The van der Waals surface area contributed by atoms with Gasteiger partial charge in [-0.05, 0) is 55.8 Å². The molecule has 0 aliphatic carbocycles. The van der Waals surface area contributed by atoms with Gasteiger partial charge in [-0.25, -0.2) is 4.79 Å². The molecule has 2 rings (SSSR count). The second-order valence-corrected chi connectivity index (χ2v) is 5.22. The first-order valence-corrected chi connectivity index (χ1v) is 8.05. The van der Waals surface area contributed by atoms with E-state index in [9.17, 15) is 4.79 Å². The van der Waals surface area contributed by atoms with Crippen LogP contribution < -0.4 is 14.2 Å². The maximum atomic E-state index is 11.9. The minimum absolute atomic E-state index is 0.402. The third-order valence-corrected chi connectivity index (χ3v) is 3.23. The molecule has 0 bridgehead atoms. The Labute approximate surface area is 146 Å². The predicted octanol–water partition coefficient (Wildman–Crippen LogP) is 4.76. The maximum absolute atomic E-state index is 11.9. The van der Waals surface area contributed by atoms with Gasteiger partial charge < -0.3 is 14.2 Å². The van der Waals surface area contributed by atoms with Gasteiger partial charge in [0.25, 0.3) is 0 Å². The third kappa shape index (κ3) is 5.32. The molecule has 0 aromatic heterocycles. The SMILES string of the molecule is CCOc1ccc(/C=C/C(=O)Oc2cccc(Cl)c2)cc1OCC. The van der Waals surface area contributed by atoms with Gasteiger partial charge in [0.05, 0.1) is 13.2 Å². The summed E-state index contributed by atoms with van der Waals surface area (Å²) in [7, 11) is 0. The number of hydrogen-bond donors (Lipinski definition) is 0. The van der Waals surface area contributed by atoms with E-state index < -0.39 is 5.97 Å². The molecule has 0 unspecified atom stereocenters. The lowest BCUT2D eigenvalue weighted by atomic mass is 10.2. The lowest BCUT2D eigenvalue weighted by molar-refractivity contribution is -0.128. The maximum Gasteiger partial charge on any atom is 0.336 e. The van der Waals surface area contributed by atoms with Crippen LogP contribution in [0.3, 0.4) is 0 Å². The molecular weight excluding hydrogens is 328 g/mol. The zero-order valence-electron chi connectivity index (χ0n) is 13.6. The first-order chi connectivity index (χ1) is 11.6. The molecule has 0 aliphatic heterocycles. The number of carbonyl (C=O) groups excluding carboxylic acids is 1. The summed E-state index contributed by atoms with van der Waals surface area (Å²) >= 11 is 5.85. The molecule has 2 aromatic carbocycles. The van der Waals surface area contributed by atoms with E-state index in [1.54, 1.807) is 30.3 Å². The molecule has 0 fully saturated rings. The molecule has 0 saturated heterocycles. The molecule has 0 spiro atoms. The molecule has 126 valence electrons. The first-order valence-electron chi connectivity index (χ1n) is 7.67. The van der Waals surface area contributed by atoms with Crippen molar-refractivity contribution in [2.45, 2.75) is 13.8 Å². The van der Waals surface area contributed by atoms with Gasteiger partial charge in [0, 0.05) is 11.1 Å². The molecule has 0 N–H and O–H groups in total. The third-order valence-electron chi connectivity index (χ3n) is 2.99. The number of rotatable bonds is 7. The number of benzene rings is 2. The quantitative estimate of drug-likeness (QED) is 0.412. The average molecular weight is 347 g/mol. The topological polar surface area (TPSA) is 44.8 Å². The van der Waals surface area contributed by atoms with Gasteiger partial charge in [-0.2, -0.15) is 0 Å². The standard InChI is InChI=1S/C19H19ClO4/c1-3-22-17-10-8-14(12-18(17)23-4-2)9-11-19(21)24-16-7-5-6-15(20)13-16/h5-13H,3-4H2,1-2H3/b11-9+. The minimum atomic E-state index is -0.482. The fourth-order valence-corrected chi connectivity index (χ4v) is 2.20. The second kappa shape index (κ2) is 8.99. The second-order valence-electron chi connectivity index (χ2n) is 4.78. The van der Waals surface area contributed by atoms with Crippen molar-refractivity contribution in [2.75, 3.05) is 13.2 Å². The normalized spacial score (nSPS) is 10.6. The Morgan fingerprint density at radius 1 is 1.04 bits per heavy atom. The zero-order chi connectivity index (χ0) is 17.4. The molecule has 5 heteroatoms. The van der Waals surface area contributed by atoms with Crippen molar-refractivity contribution in [2.24, 2.45) is 0 Å². The number of esters is 1. The summed E-state index contributed by atoms with van der Waals surface area (Å²) in [4.78, 5) is 11.9. The van der Waals surface area contributed by atoms with Gasteiger partial charge in [0.2, 0.25) is 0 Å². The van der Waals surface area contributed by atoms with Gasteiger partial charge in [0.15, 0.2) is 11.5 Å². The predicted molar refractivity (Wildman–Crippen MR) is 94.9 cm³/mol. The van der Waals surface area contributed by atoms with Crippen LogP contribution in [0.15, 0.2) is 48.5 Å². The van der Waals surface area contributed by atoms with E-state index in [2.05, 4.69) is 0 Å². The molecule has 4 nitrogen and oxygen atoms in total. The van der Waals surface area contributed by atoms with Crippen molar-refractivity contribution in [3.63, 3.8) is 0 Å². The van der Waals surface area contributed by atoms with Gasteiger partial charge in [-0.15, -0.1) is 0 Å². The fourth-order valence-electron chi connectivity index (χ4n) is 2.02. The van der Waals surface area contributed by atoms with Crippen LogP contribution in [-0.4, -0.2) is 19.2 Å². The largest absolute Gasteiger partial charge is 0.490 e. The fraction of sp³-hybridized carbons (Fsp3) is 0.211. The highest BCUT2D eigenvalue weighted by atomic mass is 35.5. The lowest BCUT2D eigenvalue weighted by Crippen LogP contribution is -2.03. The van der Waals surface area contributed by atoms with Crippen LogP contribution in [0.4, 0.5) is 0 Å². The Balaban J connectivity index is 2.07. The first kappa shape index (κ1) is 17.9. The molecule has 0 radical (unpaired) electrons. The summed E-state index contributed by atoms with van der Waals surface area (Å²) in [6.07, 6.45) is 3.01. The van der Waals surface area contributed by atoms with E-state index in [0.717, 1.165) is 5.56 Å². The highest BCUT2D eigenvalue weighted by Gasteiger charge is 2.06. The van der Waals surface area contributed by atoms with E-state index in [0.29, 0.717) is 35.5 Å². The van der Waals surface area contributed by atoms with Gasteiger partial charge in [-0.1, -0.05) is 23.7 Å². The van der Waals surface area contributed by atoms with Gasteiger partial charge in [0.1, 0.15) is 5.75 Å². The van der Waals surface area contributed by atoms with Crippen molar-refractivity contribution in [1.82, 2.24) is 0 Å². The Morgan fingerprint density at radius 2 is 1.79 bits per heavy atom. The van der Waals surface area contributed by atoms with Gasteiger partial charge >= 0.3 is 5.97 Å². The van der Waals surface area contributed by atoms with E-state index in [1.807, 2.05) is 32.0 Å². The highest BCUT2D eigenvalue weighted by molar-refractivity contribution is 6.30. The van der Waals surface area contributed by atoms with Crippen molar-refractivity contribution < 1.29 is 19.0 Å². The Bertz CT molecular complexity index is 725. The summed E-state index contributed by atoms with van der Waals surface area (Å²) in [6, 6.07) is 12.2. The Hall–Kier alpha value is -2.46. The highest BCUT2D eigenvalue weighted by Crippen LogP contribution is 2.29. The van der Waals surface area contributed by atoms with Crippen LogP contribution in [0.25, 0.3) is 6.08 Å². The summed E-state index contributed by atoms with van der Waals surface area (Å²) in [6.45, 7) is 4.90. The summed E-state index contributed by atoms with van der Waals surface area (Å²) in [5.41, 5.74) is 0.810. The summed E-state index contributed by atoms with van der Waals surface area (Å²) in [5, 5.41) is 0.511. The molecule has 0 aliphatic rings. The van der Waals surface area contributed by atoms with E-state index in [4.69, 9.17) is 25.8 Å². The van der Waals surface area contributed by atoms with Gasteiger partial charge in [-0.3, -0.25) is 0 Å². The number of ether oxygens (including phenoxy) is 3. The molecular formula is C19H19ClO4. The number of halogens is 1. The zero-order valence-corrected chi connectivity index (χ0v) is 14.4. The Morgan fingerprint density at radius 3 is 2.50 bits per heavy atom. The van der Waals surface area contributed by atoms with Crippen molar-refractivity contribution in [1.29, 1.82) is 0 Å². The van der Waals surface area contributed by atoms with Crippen LogP contribution in [0.1, 0.15) is 19.4 Å². The van der Waals surface area contributed by atoms with Crippen LogP contribution in [0.5, 0.6) is 17.2 Å². The van der Waals surface area contributed by atoms with Crippen LogP contribution in [-0.2, 0) is 4.79 Å². The monoisotopic (exact) mass is 346 g/mol.